The third-order valence-corrected chi connectivity index (χ3v) is 5.32. The van der Waals surface area contributed by atoms with Crippen molar-refractivity contribution in [1.29, 1.82) is 0 Å². The minimum absolute atomic E-state index is 0.287. The first-order valence-corrected chi connectivity index (χ1v) is 9.01. The molecule has 2 fully saturated rings. The van der Waals surface area contributed by atoms with Gasteiger partial charge in [0.2, 0.25) is 0 Å². The Bertz CT molecular complexity index is 241. The SMILES string of the molecule is CSCC(C)CNCC1CCC2(CCCCC2)O1. The summed E-state index contributed by atoms with van der Waals surface area (Å²) in [4.78, 5) is 0. The number of thioether (sulfide) groups is 1. The summed E-state index contributed by atoms with van der Waals surface area (Å²) in [6.45, 7) is 4.51. The van der Waals surface area contributed by atoms with Crippen molar-refractivity contribution in [2.24, 2.45) is 5.92 Å². The first kappa shape index (κ1) is 14.7. The van der Waals surface area contributed by atoms with Crippen molar-refractivity contribution in [2.75, 3.05) is 25.1 Å². The van der Waals surface area contributed by atoms with Gasteiger partial charge in [0.25, 0.3) is 0 Å². The molecule has 18 heavy (non-hydrogen) atoms. The maximum Gasteiger partial charge on any atom is 0.0708 e. The predicted molar refractivity (Wildman–Crippen MR) is 80.3 cm³/mol. The zero-order chi connectivity index (χ0) is 12.8. The molecule has 0 aromatic heterocycles. The lowest BCUT2D eigenvalue weighted by Crippen LogP contribution is -2.35. The highest BCUT2D eigenvalue weighted by Crippen LogP contribution is 2.41. The van der Waals surface area contributed by atoms with Crippen LogP contribution in [0.15, 0.2) is 0 Å². The fourth-order valence-corrected chi connectivity index (χ4v) is 4.12. The van der Waals surface area contributed by atoms with Gasteiger partial charge in [-0.25, -0.2) is 0 Å². The van der Waals surface area contributed by atoms with Gasteiger partial charge in [-0.1, -0.05) is 26.2 Å². The number of rotatable bonds is 6. The Morgan fingerprint density at radius 1 is 1.28 bits per heavy atom. The molecular weight excluding hydrogens is 242 g/mol. The standard InChI is InChI=1S/C15H29NOS/c1-13(12-18-2)10-16-11-14-6-9-15(17-14)7-4-3-5-8-15/h13-14,16H,3-12H2,1-2H3. The topological polar surface area (TPSA) is 21.3 Å². The Morgan fingerprint density at radius 2 is 2.06 bits per heavy atom. The van der Waals surface area contributed by atoms with E-state index in [-0.39, 0.29) is 5.60 Å². The van der Waals surface area contributed by atoms with Crippen molar-refractivity contribution in [3.8, 4) is 0 Å². The molecular formula is C15H29NOS. The third-order valence-electron chi connectivity index (χ3n) is 4.42. The van der Waals surface area contributed by atoms with Crippen LogP contribution in [0.2, 0.25) is 0 Å². The maximum atomic E-state index is 6.36. The van der Waals surface area contributed by atoms with Crippen LogP contribution in [-0.2, 0) is 4.74 Å². The van der Waals surface area contributed by atoms with Gasteiger partial charge in [-0.2, -0.15) is 11.8 Å². The molecule has 0 aromatic rings. The van der Waals surface area contributed by atoms with E-state index in [0.717, 1.165) is 19.0 Å². The molecule has 0 aromatic carbocycles. The fraction of sp³-hybridized carbons (Fsp3) is 1.00. The van der Waals surface area contributed by atoms with Gasteiger partial charge < -0.3 is 10.1 Å². The van der Waals surface area contributed by atoms with Crippen LogP contribution in [0.4, 0.5) is 0 Å². The summed E-state index contributed by atoms with van der Waals surface area (Å²) in [5, 5.41) is 3.60. The van der Waals surface area contributed by atoms with Gasteiger partial charge in [0.05, 0.1) is 11.7 Å². The van der Waals surface area contributed by atoms with Crippen LogP contribution in [0.25, 0.3) is 0 Å². The third kappa shape index (κ3) is 4.14. The summed E-state index contributed by atoms with van der Waals surface area (Å²) in [7, 11) is 0. The lowest BCUT2D eigenvalue weighted by Gasteiger charge is -2.33. The molecule has 2 rings (SSSR count). The van der Waals surface area contributed by atoms with Crippen LogP contribution in [0, 0.1) is 5.92 Å². The largest absolute Gasteiger partial charge is 0.370 e. The summed E-state index contributed by atoms with van der Waals surface area (Å²) in [6.07, 6.45) is 12.0. The monoisotopic (exact) mass is 271 g/mol. The minimum atomic E-state index is 0.287. The van der Waals surface area contributed by atoms with Crippen molar-refractivity contribution in [3.05, 3.63) is 0 Å². The van der Waals surface area contributed by atoms with E-state index in [0.29, 0.717) is 6.10 Å². The zero-order valence-electron chi connectivity index (χ0n) is 12.0. The number of hydrogen-bond acceptors (Lipinski definition) is 3. The molecule has 1 spiro atoms. The van der Waals surface area contributed by atoms with Crippen LogP contribution >= 0.6 is 11.8 Å². The van der Waals surface area contributed by atoms with Crippen molar-refractivity contribution < 1.29 is 4.74 Å². The number of ether oxygens (including phenoxy) is 1. The summed E-state index contributed by atoms with van der Waals surface area (Å²) in [5.74, 6) is 2.02. The van der Waals surface area contributed by atoms with Gasteiger partial charge >= 0.3 is 0 Å². The van der Waals surface area contributed by atoms with E-state index in [2.05, 4.69) is 18.5 Å². The van der Waals surface area contributed by atoms with Gasteiger partial charge in [-0.05, 0) is 50.2 Å². The second-order valence-corrected chi connectivity index (χ2v) is 7.15. The molecule has 1 aliphatic carbocycles. The molecule has 1 saturated carbocycles. The highest BCUT2D eigenvalue weighted by Gasteiger charge is 2.40. The van der Waals surface area contributed by atoms with Crippen LogP contribution in [0.3, 0.4) is 0 Å². The van der Waals surface area contributed by atoms with Crippen LogP contribution in [-0.4, -0.2) is 36.8 Å². The van der Waals surface area contributed by atoms with Crippen molar-refractivity contribution in [3.63, 3.8) is 0 Å². The van der Waals surface area contributed by atoms with Gasteiger partial charge in [-0.3, -0.25) is 0 Å². The van der Waals surface area contributed by atoms with Gasteiger partial charge in [0.15, 0.2) is 0 Å². The van der Waals surface area contributed by atoms with Crippen LogP contribution in [0.5, 0.6) is 0 Å². The Morgan fingerprint density at radius 3 is 2.78 bits per heavy atom. The van der Waals surface area contributed by atoms with E-state index in [1.165, 1.54) is 50.7 Å². The first-order valence-electron chi connectivity index (χ1n) is 7.61. The zero-order valence-corrected chi connectivity index (χ0v) is 12.9. The molecule has 2 unspecified atom stereocenters. The fourth-order valence-electron chi connectivity index (χ4n) is 3.44. The Kier molecular flexibility index (Phi) is 5.84. The Balaban J connectivity index is 1.63. The lowest BCUT2D eigenvalue weighted by atomic mass is 9.83. The molecule has 0 amide bonds. The second kappa shape index (κ2) is 7.16. The predicted octanol–water partition coefficient (Wildman–Crippen LogP) is 3.46. The van der Waals surface area contributed by atoms with Gasteiger partial charge in [-0.15, -0.1) is 0 Å². The van der Waals surface area contributed by atoms with E-state index in [1.54, 1.807) is 0 Å². The molecule has 2 atom stereocenters. The normalized spacial score (nSPS) is 28.7. The van der Waals surface area contributed by atoms with Crippen molar-refractivity contribution in [2.45, 2.75) is 63.6 Å². The van der Waals surface area contributed by atoms with E-state index >= 15 is 0 Å². The summed E-state index contributed by atoms with van der Waals surface area (Å²) in [5.41, 5.74) is 0.287. The van der Waals surface area contributed by atoms with Gasteiger partial charge in [0, 0.05) is 6.54 Å². The minimum Gasteiger partial charge on any atom is -0.370 e. The quantitative estimate of drug-likeness (QED) is 0.799. The molecule has 1 saturated heterocycles. The molecule has 3 heteroatoms. The Labute approximate surface area is 117 Å². The summed E-state index contributed by atoms with van der Waals surface area (Å²) in [6, 6.07) is 0. The van der Waals surface area contributed by atoms with E-state index in [1.807, 2.05) is 11.8 Å². The van der Waals surface area contributed by atoms with Crippen LogP contribution < -0.4 is 5.32 Å². The van der Waals surface area contributed by atoms with Crippen molar-refractivity contribution in [1.82, 2.24) is 5.32 Å². The van der Waals surface area contributed by atoms with Gasteiger partial charge in [0.1, 0.15) is 0 Å². The average molecular weight is 271 g/mol. The molecule has 2 aliphatic rings. The first-order chi connectivity index (χ1) is 8.74. The smallest absolute Gasteiger partial charge is 0.0708 e. The van der Waals surface area contributed by atoms with Crippen molar-refractivity contribution >= 4 is 11.8 Å². The molecule has 0 radical (unpaired) electrons. The molecule has 1 N–H and O–H groups in total. The molecule has 2 nitrogen and oxygen atoms in total. The van der Waals surface area contributed by atoms with E-state index in [4.69, 9.17) is 4.74 Å². The highest BCUT2D eigenvalue weighted by atomic mass is 32.2. The highest BCUT2D eigenvalue weighted by molar-refractivity contribution is 7.98. The maximum absolute atomic E-state index is 6.36. The van der Waals surface area contributed by atoms with E-state index in [9.17, 15) is 0 Å². The van der Waals surface area contributed by atoms with Crippen LogP contribution in [0.1, 0.15) is 51.9 Å². The number of hydrogen-bond donors (Lipinski definition) is 1. The summed E-state index contributed by atoms with van der Waals surface area (Å²) >= 11 is 1.94. The molecule has 106 valence electrons. The molecule has 1 heterocycles. The second-order valence-electron chi connectivity index (χ2n) is 6.24. The molecule has 0 bridgehead atoms. The lowest BCUT2D eigenvalue weighted by molar-refractivity contribution is -0.0624. The molecule has 1 aliphatic heterocycles. The average Bonchev–Trinajstić information content (AvgIpc) is 2.74. The number of nitrogens with one attached hydrogen (secondary N) is 1. The van der Waals surface area contributed by atoms with E-state index < -0.39 is 0 Å². The summed E-state index contributed by atoms with van der Waals surface area (Å²) < 4.78 is 6.36. The Hall–Kier alpha value is 0.270.